The summed E-state index contributed by atoms with van der Waals surface area (Å²) in [6, 6.07) is 10.3. The molecule has 2 aromatic rings. The second-order valence-electron chi connectivity index (χ2n) is 4.42. The van der Waals surface area contributed by atoms with E-state index in [1.807, 2.05) is 0 Å². The van der Waals surface area contributed by atoms with Crippen LogP contribution < -0.4 is 11.1 Å². The number of nitrogen functional groups attached to an aromatic ring is 1. The minimum absolute atomic E-state index is 0.0772. The SMILES string of the molecule is CC(Nc1ccc([N+](=O)[O-])cc1N)c1ccccc1F. The van der Waals surface area contributed by atoms with Gasteiger partial charge in [0.1, 0.15) is 5.82 Å². The predicted molar refractivity (Wildman–Crippen MR) is 75.9 cm³/mol. The molecule has 0 heterocycles. The van der Waals surface area contributed by atoms with Crippen LogP contribution in [0.1, 0.15) is 18.5 Å². The second kappa shape index (κ2) is 5.56. The van der Waals surface area contributed by atoms with Crippen LogP contribution >= 0.6 is 0 Å². The lowest BCUT2D eigenvalue weighted by molar-refractivity contribution is -0.384. The number of nitro benzene ring substituents is 1. The van der Waals surface area contributed by atoms with Gasteiger partial charge < -0.3 is 11.1 Å². The Balaban J connectivity index is 2.22. The fourth-order valence-electron chi connectivity index (χ4n) is 1.93. The smallest absolute Gasteiger partial charge is 0.271 e. The van der Waals surface area contributed by atoms with Crippen molar-refractivity contribution in [3.8, 4) is 0 Å². The quantitative estimate of drug-likeness (QED) is 0.508. The molecule has 0 aliphatic carbocycles. The van der Waals surface area contributed by atoms with Crippen LogP contribution in [0.2, 0.25) is 0 Å². The molecule has 20 heavy (non-hydrogen) atoms. The lowest BCUT2D eigenvalue weighted by Crippen LogP contribution is -2.10. The van der Waals surface area contributed by atoms with Gasteiger partial charge in [0.25, 0.3) is 5.69 Å². The maximum Gasteiger partial charge on any atom is 0.271 e. The molecule has 0 aromatic heterocycles. The van der Waals surface area contributed by atoms with Crippen LogP contribution in [0, 0.1) is 15.9 Å². The van der Waals surface area contributed by atoms with Crippen molar-refractivity contribution in [2.45, 2.75) is 13.0 Å². The summed E-state index contributed by atoms with van der Waals surface area (Å²) in [5, 5.41) is 13.7. The van der Waals surface area contributed by atoms with Gasteiger partial charge in [-0.25, -0.2) is 4.39 Å². The van der Waals surface area contributed by atoms with Gasteiger partial charge in [-0.05, 0) is 19.1 Å². The van der Waals surface area contributed by atoms with Gasteiger partial charge in [-0.1, -0.05) is 18.2 Å². The van der Waals surface area contributed by atoms with E-state index in [-0.39, 0.29) is 23.2 Å². The standard InChI is InChI=1S/C14H14FN3O2/c1-9(11-4-2-3-5-12(11)15)17-14-7-6-10(18(19)20)8-13(14)16/h2-9,17H,16H2,1H3. The molecule has 2 aromatic carbocycles. The molecule has 104 valence electrons. The molecule has 0 spiro atoms. The van der Waals surface area contributed by atoms with E-state index in [1.54, 1.807) is 25.1 Å². The van der Waals surface area contributed by atoms with Crippen LogP contribution in [0.3, 0.4) is 0 Å². The molecule has 1 unspecified atom stereocenters. The number of hydrogen-bond acceptors (Lipinski definition) is 4. The highest BCUT2D eigenvalue weighted by Crippen LogP contribution is 2.28. The summed E-state index contributed by atoms with van der Waals surface area (Å²) >= 11 is 0. The first kappa shape index (κ1) is 13.8. The molecule has 0 fully saturated rings. The molecule has 2 rings (SSSR count). The van der Waals surface area contributed by atoms with Crippen LogP contribution in [-0.2, 0) is 0 Å². The summed E-state index contributed by atoms with van der Waals surface area (Å²) in [5.41, 5.74) is 6.98. The van der Waals surface area contributed by atoms with Crippen molar-refractivity contribution in [3.63, 3.8) is 0 Å². The number of halogens is 1. The molecule has 0 saturated carbocycles. The zero-order chi connectivity index (χ0) is 14.7. The van der Waals surface area contributed by atoms with Crippen molar-refractivity contribution in [1.82, 2.24) is 0 Å². The summed E-state index contributed by atoms with van der Waals surface area (Å²) < 4.78 is 13.7. The molecule has 0 aliphatic heterocycles. The topological polar surface area (TPSA) is 81.2 Å². The van der Waals surface area contributed by atoms with Crippen LogP contribution in [0.25, 0.3) is 0 Å². The van der Waals surface area contributed by atoms with Crippen LogP contribution in [0.5, 0.6) is 0 Å². The molecular weight excluding hydrogens is 261 g/mol. The normalized spacial score (nSPS) is 11.9. The number of anilines is 2. The van der Waals surface area contributed by atoms with E-state index in [2.05, 4.69) is 5.32 Å². The third-order valence-corrected chi connectivity index (χ3v) is 2.99. The highest BCUT2D eigenvalue weighted by atomic mass is 19.1. The highest BCUT2D eigenvalue weighted by molar-refractivity contribution is 5.69. The Labute approximate surface area is 115 Å². The van der Waals surface area contributed by atoms with Gasteiger partial charge in [-0.15, -0.1) is 0 Å². The molecule has 3 N–H and O–H groups in total. The van der Waals surface area contributed by atoms with Crippen LogP contribution in [-0.4, -0.2) is 4.92 Å². The predicted octanol–water partition coefficient (Wildman–Crippen LogP) is 3.49. The van der Waals surface area contributed by atoms with Crippen molar-refractivity contribution >= 4 is 17.1 Å². The van der Waals surface area contributed by atoms with E-state index in [0.29, 0.717) is 11.3 Å². The Bertz CT molecular complexity index is 646. The maximum absolute atomic E-state index is 13.7. The Kier molecular flexibility index (Phi) is 3.84. The zero-order valence-electron chi connectivity index (χ0n) is 10.8. The van der Waals surface area contributed by atoms with Crippen molar-refractivity contribution in [1.29, 1.82) is 0 Å². The number of nitro groups is 1. The van der Waals surface area contributed by atoms with E-state index in [9.17, 15) is 14.5 Å². The third kappa shape index (κ3) is 2.85. The van der Waals surface area contributed by atoms with E-state index < -0.39 is 4.92 Å². The number of nitrogens with two attached hydrogens (primary N) is 1. The molecule has 0 amide bonds. The third-order valence-electron chi connectivity index (χ3n) is 2.99. The first-order valence-electron chi connectivity index (χ1n) is 6.04. The average Bonchev–Trinajstić information content (AvgIpc) is 2.41. The van der Waals surface area contributed by atoms with Crippen LogP contribution in [0.4, 0.5) is 21.5 Å². The number of non-ortho nitro benzene ring substituents is 1. The lowest BCUT2D eigenvalue weighted by atomic mass is 10.1. The molecule has 0 aliphatic rings. The second-order valence-corrected chi connectivity index (χ2v) is 4.42. The van der Waals surface area contributed by atoms with Gasteiger partial charge in [0, 0.05) is 17.7 Å². The van der Waals surface area contributed by atoms with Gasteiger partial charge in [0.2, 0.25) is 0 Å². The number of benzene rings is 2. The van der Waals surface area contributed by atoms with E-state index >= 15 is 0 Å². The summed E-state index contributed by atoms with van der Waals surface area (Å²) in [6.45, 7) is 1.79. The summed E-state index contributed by atoms with van der Waals surface area (Å²) in [4.78, 5) is 10.1. The number of nitrogens with one attached hydrogen (secondary N) is 1. The minimum atomic E-state index is -0.513. The molecule has 0 bridgehead atoms. The maximum atomic E-state index is 13.7. The fourth-order valence-corrected chi connectivity index (χ4v) is 1.93. The Morgan fingerprint density at radius 2 is 2.00 bits per heavy atom. The Hall–Kier alpha value is -2.63. The lowest BCUT2D eigenvalue weighted by Gasteiger charge is -2.17. The average molecular weight is 275 g/mol. The largest absolute Gasteiger partial charge is 0.397 e. The Morgan fingerprint density at radius 3 is 2.60 bits per heavy atom. The van der Waals surface area contributed by atoms with Crippen molar-refractivity contribution < 1.29 is 9.31 Å². The number of nitrogens with zero attached hydrogens (tertiary/aromatic N) is 1. The first-order valence-corrected chi connectivity index (χ1v) is 6.04. The van der Waals surface area contributed by atoms with E-state index in [1.165, 1.54) is 24.3 Å². The van der Waals surface area contributed by atoms with Crippen molar-refractivity contribution in [3.05, 3.63) is 64.0 Å². The molecular formula is C14H14FN3O2. The van der Waals surface area contributed by atoms with Gasteiger partial charge in [0.15, 0.2) is 0 Å². The van der Waals surface area contributed by atoms with E-state index in [0.717, 1.165) is 0 Å². The van der Waals surface area contributed by atoms with Gasteiger partial charge in [-0.2, -0.15) is 0 Å². The van der Waals surface area contributed by atoms with Gasteiger partial charge in [-0.3, -0.25) is 10.1 Å². The zero-order valence-corrected chi connectivity index (χ0v) is 10.8. The number of rotatable bonds is 4. The fraction of sp³-hybridized carbons (Fsp3) is 0.143. The van der Waals surface area contributed by atoms with Gasteiger partial charge >= 0.3 is 0 Å². The summed E-state index contributed by atoms with van der Waals surface area (Å²) in [6.07, 6.45) is 0. The minimum Gasteiger partial charge on any atom is -0.397 e. The highest BCUT2D eigenvalue weighted by Gasteiger charge is 2.13. The first-order chi connectivity index (χ1) is 9.49. The monoisotopic (exact) mass is 275 g/mol. The summed E-state index contributed by atoms with van der Waals surface area (Å²) in [5.74, 6) is -0.312. The van der Waals surface area contributed by atoms with Crippen LogP contribution in [0.15, 0.2) is 42.5 Å². The van der Waals surface area contributed by atoms with Crippen molar-refractivity contribution in [2.24, 2.45) is 0 Å². The summed E-state index contributed by atoms with van der Waals surface area (Å²) in [7, 11) is 0. The molecule has 0 radical (unpaired) electrons. The Morgan fingerprint density at radius 1 is 1.30 bits per heavy atom. The number of hydrogen-bond donors (Lipinski definition) is 2. The molecule has 5 nitrogen and oxygen atoms in total. The van der Waals surface area contributed by atoms with Gasteiger partial charge in [0.05, 0.1) is 22.3 Å². The molecule has 6 heteroatoms. The van der Waals surface area contributed by atoms with Crippen molar-refractivity contribution in [2.75, 3.05) is 11.1 Å². The molecule has 0 saturated heterocycles. The molecule has 1 atom stereocenters. The van der Waals surface area contributed by atoms with E-state index in [4.69, 9.17) is 5.73 Å².